The number of ether oxygens (including phenoxy) is 1. The average molecular weight is 423 g/mol. The highest BCUT2D eigenvalue weighted by Crippen LogP contribution is 2.26. The number of carbonyl (C=O) groups is 2. The molecule has 1 amide bonds. The molecule has 0 saturated carbocycles. The Morgan fingerprint density at radius 2 is 2.14 bits per heavy atom. The van der Waals surface area contributed by atoms with Crippen molar-refractivity contribution in [3.63, 3.8) is 0 Å². The minimum atomic E-state index is -3.14. The van der Waals surface area contributed by atoms with Crippen molar-refractivity contribution in [1.82, 2.24) is 4.90 Å². The molecule has 2 heterocycles. The number of furan rings is 1. The number of fused-ring (bicyclic) bond motifs is 1. The van der Waals surface area contributed by atoms with Crippen LogP contribution in [0.5, 0.6) is 5.75 Å². The number of nitrogens with zero attached hydrogens (tertiary/aromatic N) is 1. The Balaban J connectivity index is 1.62. The molecule has 1 aromatic carbocycles. The molecule has 1 fully saturated rings. The Morgan fingerprint density at radius 1 is 1.38 bits per heavy atom. The molecule has 3 rings (SSSR count). The summed E-state index contributed by atoms with van der Waals surface area (Å²) < 4.78 is 34.1. The number of sulfone groups is 1. The lowest BCUT2D eigenvalue weighted by Crippen LogP contribution is -2.48. The fourth-order valence-electron chi connectivity index (χ4n) is 3.63. The topological polar surface area (TPSA) is 114 Å². The van der Waals surface area contributed by atoms with Crippen LogP contribution >= 0.6 is 0 Å². The molecule has 0 aliphatic carbocycles. The van der Waals surface area contributed by atoms with E-state index in [-0.39, 0.29) is 35.8 Å². The highest BCUT2D eigenvalue weighted by Gasteiger charge is 2.36. The van der Waals surface area contributed by atoms with E-state index in [9.17, 15) is 23.1 Å². The van der Waals surface area contributed by atoms with Crippen LogP contribution in [0.4, 0.5) is 0 Å². The van der Waals surface area contributed by atoms with Crippen LogP contribution in [0.15, 0.2) is 28.9 Å². The fourth-order valence-corrected chi connectivity index (χ4v) is 5.34. The quantitative estimate of drug-likeness (QED) is 0.678. The summed E-state index contributed by atoms with van der Waals surface area (Å²) in [6.07, 6.45) is 2.42. The van der Waals surface area contributed by atoms with E-state index in [2.05, 4.69) is 0 Å². The number of hydrogen-bond donors (Lipinski definition) is 1. The van der Waals surface area contributed by atoms with Gasteiger partial charge >= 0.3 is 5.97 Å². The number of phenols is 1. The van der Waals surface area contributed by atoms with E-state index in [1.165, 1.54) is 18.4 Å². The summed E-state index contributed by atoms with van der Waals surface area (Å²) in [5.74, 6) is -0.897. The predicted octanol–water partition coefficient (Wildman–Crippen LogP) is 2.04. The van der Waals surface area contributed by atoms with Gasteiger partial charge in [0.25, 0.3) is 5.91 Å². The monoisotopic (exact) mass is 423 g/mol. The van der Waals surface area contributed by atoms with E-state index in [0.717, 1.165) is 0 Å². The highest BCUT2D eigenvalue weighted by molar-refractivity contribution is 7.91. The molecule has 0 bridgehead atoms. The first-order valence-electron chi connectivity index (χ1n) is 9.56. The minimum absolute atomic E-state index is 0.0507. The van der Waals surface area contributed by atoms with Crippen LogP contribution in [0, 0.1) is 0 Å². The van der Waals surface area contributed by atoms with Gasteiger partial charge in [0.2, 0.25) is 0 Å². The first-order valence-corrected chi connectivity index (χ1v) is 11.4. The Kier molecular flexibility index (Phi) is 6.16. The number of rotatable bonds is 7. The van der Waals surface area contributed by atoms with Crippen LogP contribution in [0.1, 0.15) is 32.3 Å². The number of amides is 1. The zero-order chi connectivity index (χ0) is 21.2. The second-order valence-electron chi connectivity index (χ2n) is 7.39. The van der Waals surface area contributed by atoms with Gasteiger partial charge in [-0.3, -0.25) is 9.59 Å². The van der Waals surface area contributed by atoms with Gasteiger partial charge in [0.05, 0.1) is 24.2 Å². The number of benzene rings is 1. The number of aromatic hydroxyl groups is 1. The lowest BCUT2D eigenvalue weighted by atomic mass is 10.1. The maximum Gasteiger partial charge on any atom is 0.310 e. The molecule has 2 aromatic rings. The number of carbonyl (C=O) groups excluding carboxylic acids is 2. The molecule has 9 heteroatoms. The summed E-state index contributed by atoms with van der Waals surface area (Å²) in [6.45, 7) is 3.34. The largest absolute Gasteiger partial charge is 0.508 e. The third-order valence-corrected chi connectivity index (χ3v) is 7.04. The normalized spacial score (nSPS) is 19.2. The Morgan fingerprint density at radius 3 is 2.79 bits per heavy atom. The molecular weight excluding hydrogens is 398 g/mol. The van der Waals surface area contributed by atoms with Gasteiger partial charge in [-0.15, -0.1) is 0 Å². The maximum atomic E-state index is 12.7. The van der Waals surface area contributed by atoms with Crippen LogP contribution in [-0.4, -0.2) is 60.5 Å². The molecule has 1 aliphatic rings. The van der Waals surface area contributed by atoms with E-state index in [4.69, 9.17) is 9.15 Å². The smallest absolute Gasteiger partial charge is 0.310 e. The number of hydrogen-bond acceptors (Lipinski definition) is 7. The molecular formula is C20H25NO7S. The molecule has 1 N–H and O–H groups in total. The van der Waals surface area contributed by atoms with Gasteiger partial charge < -0.3 is 19.2 Å². The molecule has 1 aliphatic heterocycles. The van der Waals surface area contributed by atoms with Gasteiger partial charge in [-0.25, -0.2) is 8.42 Å². The third-order valence-electron chi connectivity index (χ3n) is 5.29. The Hall–Kier alpha value is -2.55. The van der Waals surface area contributed by atoms with Gasteiger partial charge in [0.15, 0.2) is 16.4 Å². The van der Waals surface area contributed by atoms with Crippen LogP contribution in [0.25, 0.3) is 11.0 Å². The van der Waals surface area contributed by atoms with Gasteiger partial charge in [-0.2, -0.15) is 0 Å². The van der Waals surface area contributed by atoms with Crippen LogP contribution in [-0.2, 0) is 30.6 Å². The second kappa shape index (κ2) is 8.44. The van der Waals surface area contributed by atoms with E-state index in [0.29, 0.717) is 29.4 Å². The fraction of sp³-hybridized carbons (Fsp3) is 0.500. The summed E-state index contributed by atoms with van der Waals surface area (Å²) in [6, 6.07) is 4.06. The average Bonchev–Trinajstić information content (AvgIpc) is 3.22. The van der Waals surface area contributed by atoms with Crippen molar-refractivity contribution in [2.75, 3.05) is 18.1 Å². The summed E-state index contributed by atoms with van der Waals surface area (Å²) in [7, 11) is -3.14. The SMILES string of the molecule is CC[C@H](C)N(C(=O)COC(=O)Cc1coc2cc(O)ccc12)[C@@H]1CCS(=O)(=O)C1. The van der Waals surface area contributed by atoms with Crippen LogP contribution < -0.4 is 0 Å². The van der Waals surface area contributed by atoms with E-state index >= 15 is 0 Å². The summed E-state index contributed by atoms with van der Waals surface area (Å²) in [5.41, 5.74) is 1.05. The van der Waals surface area contributed by atoms with Crippen molar-refractivity contribution in [2.45, 2.75) is 45.2 Å². The van der Waals surface area contributed by atoms with Crippen molar-refractivity contribution in [2.24, 2.45) is 0 Å². The molecule has 2 atom stereocenters. The molecule has 1 aromatic heterocycles. The zero-order valence-electron chi connectivity index (χ0n) is 16.5. The van der Waals surface area contributed by atoms with Crippen molar-refractivity contribution in [3.8, 4) is 5.75 Å². The molecule has 0 spiro atoms. The van der Waals surface area contributed by atoms with Crippen molar-refractivity contribution in [1.29, 1.82) is 0 Å². The summed E-state index contributed by atoms with van der Waals surface area (Å²) in [4.78, 5) is 26.5. The lowest BCUT2D eigenvalue weighted by molar-refractivity contribution is -0.153. The standard InChI is InChI=1S/C20H25NO7S/c1-3-13(2)21(15-6-7-29(25,26)12-15)19(23)11-28-20(24)8-14-10-27-18-9-16(22)4-5-17(14)18/h4-5,9-10,13,15,22H,3,6-8,11-12H2,1-2H3/t13-,15+/m0/s1. The predicted molar refractivity (Wildman–Crippen MR) is 106 cm³/mol. The Bertz CT molecular complexity index is 1010. The molecule has 158 valence electrons. The first kappa shape index (κ1) is 21.2. The zero-order valence-corrected chi connectivity index (χ0v) is 17.3. The first-order chi connectivity index (χ1) is 13.7. The maximum absolute atomic E-state index is 12.7. The lowest BCUT2D eigenvalue weighted by Gasteiger charge is -2.33. The van der Waals surface area contributed by atoms with Gasteiger partial charge in [-0.1, -0.05) is 6.92 Å². The number of phenolic OH excluding ortho intramolecular Hbond substituents is 1. The summed E-state index contributed by atoms with van der Waals surface area (Å²) >= 11 is 0. The van der Waals surface area contributed by atoms with Crippen LogP contribution in [0.3, 0.4) is 0 Å². The van der Waals surface area contributed by atoms with Crippen LogP contribution in [0.2, 0.25) is 0 Å². The molecule has 8 nitrogen and oxygen atoms in total. The highest BCUT2D eigenvalue weighted by atomic mass is 32.2. The molecule has 1 saturated heterocycles. The Labute approximate surface area is 169 Å². The van der Waals surface area contributed by atoms with Crippen molar-refractivity contribution in [3.05, 3.63) is 30.0 Å². The second-order valence-corrected chi connectivity index (χ2v) is 9.62. The van der Waals surface area contributed by atoms with Gasteiger partial charge in [0, 0.05) is 29.1 Å². The summed E-state index contributed by atoms with van der Waals surface area (Å²) in [5, 5.41) is 10.2. The molecule has 0 radical (unpaired) electrons. The molecule has 29 heavy (non-hydrogen) atoms. The van der Waals surface area contributed by atoms with Gasteiger partial charge in [-0.05, 0) is 31.9 Å². The van der Waals surface area contributed by atoms with E-state index < -0.39 is 28.3 Å². The van der Waals surface area contributed by atoms with E-state index in [1.54, 1.807) is 11.0 Å². The van der Waals surface area contributed by atoms with E-state index in [1.807, 2.05) is 13.8 Å². The molecule has 0 unspecified atom stereocenters. The van der Waals surface area contributed by atoms with Crippen molar-refractivity contribution >= 4 is 32.7 Å². The van der Waals surface area contributed by atoms with Crippen molar-refractivity contribution < 1.29 is 32.3 Å². The third kappa shape index (κ3) is 4.90. The van der Waals surface area contributed by atoms with Gasteiger partial charge in [0.1, 0.15) is 11.3 Å². The number of esters is 1. The minimum Gasteiger partial charge on any atom is -0.508 e.